The molecular weight excluding hydrogens is 309 g/mol. The minimum atomic E-state index is -2.85. The Kier molecular flexibility index (Phi) is 8.82. The number of rotatable bonds is 7. The van der Waals surface area contributed by atoms with Gasteiger partial charge in [0.15, 0.2) is 0 Å². The van der Waals surface area contributed by atoms with Crippen molar-refractivity contribution in [2.45, 2.75) is 57.9 Å². The van der Waals surface area contributed by atoms with E-state index in [1.54, 1.807) is 6.66 Å². The molecule has 2 fully saturated rings. The summed E-state index contributed by atoms with van der Waals surface area (Å²) in [7, 11) is -2.85. The third kappa shape index (κ3) is 6.19. The maximum atomic E-state index is 12.2. The quantitative estimate of drug-likeness (QED) is 0.511. The smallest absolute Gasteiger partial charge is 0.309 e. The van der Waals surface area contributed by atoms with Gasteiger partial charge < -0.3 is 13.9 Å². The highest BCUT2D eigenvalue weighted by Gasteiger charge is 2.34. The lowest BCUT2D eigenvalue weighted by Gasteiger charge is -2.44. The van der Waals surface area contributed by atoms with Gasteiger partial charge in [0.2, 0.25) is 0 Å². The van der Waals surface area contributed by atoms with E-state index in [2.05, 4.69) is 11.8 Å². The van der Waals surface area contributed by atoms with Gasteiger partial charge in [0, 0.05) is 12.7 Å². The lowest BCUT2D eigenvalue weighted by molar-refractivity contribution is 0.0329. The van der Waals surface area contributed by atoms with Gasteiger partial charge in [0.05, 0.1) is 13.2 Å². The molecule has 2 aliphatic heterocycles. The average molecular weight is 340 g/mol. The molecule has 0 aromatic rings. The summed E-state index contributed by atoms with van der Waals surface area (Å²) >= 11 is 0. The van der Waals surface area contributed by atoms with Gasteiger partial charge in [-0.15, -0.1) is 12.4 Å². The molecule has 2 rings (SSSR count). The normalized spacial score (nSPS) is 29.2. The van der Waals surface area contributed by atoms with Crippen molar-refractivity contribution in [3.05, 3.63) is 0 Å². The summed E-state index contributed by atoms with van der Waals surface area (Å²) in [6, 6.07) is 0.646. The molecule has 0 aliphatic carbocycles. The van der Waals surface area contributed by atoms with Crippen molar-refractivity contribution in [3.63, 3.8) is 0 Å². The monoisotopic (exact) mass is 339 g/mol. The van der Waals surface area contributed by atoms with Crippen molar-refractivity contribution >= 4 is 20.0 Å². The fourth-order valence-corrected chi connectivity index (χ4v) is 4.41. The van der Waals surface area contributed by atoms with Gasteiger partial charge in [0.25, 0.3) is 0 Å². The molecule has 0 saturated carbocycles. The zero-order valence-electron chi connectivity index (χ0n) is 13.5. The number of fused-ring (bicyclic) bond motifs is 1. The molecule has 6 heteroatoms. The molecule has 2 aliphatic rings. The number of nitrogens with zero attached hydrogens (tertiary/aromatic N) is 1. The fraction of sp³-hybridized carbons (Fsp3) is 1.00. The van der Waals surface area contributed by atoms with Crippen LogP contribution in [0.4, 0.5) is 0 Å². The molecule has 21 heavy (non-hydrogen) atoms. The van der Waals surface area contributed by atoms with E-state index in [4.69, 9.17) is 9.05 Å². The second kappa shape index (κ2) is 9.52. The van der Waals surface area contributed by atoms with Crippen molar-refractivity contribution in [3.8, 4) is 0 Å². The first kappa shape index (κ1) is 19.4. The largest absolute Gasteiger partial charge is 0.327 e. The van der Waals surface area contributed by atoms with Crippen molar-refractivity contribution in [1.29, 1.82) is 0 Å². The van der Waals surface area contributed by atoms with Gasteiger partial charge in [-0.2, -0.15) is 0 Å². The minimum absolute atomic E-state index is 0. The van der Waals surface area contributed by atoms with E-state index < -0.39 is 7.60 Å². The highest BCUT2D eigenvalue weighted by molar-refractivity contribution is 7.52. The van der Waals surface area contributed by atoms with Gasteiger partial charge in [-0.25, -0.2) is 0 Å². The molecule has 0 spiro atoms. The molecule has 0 amide bonds. The summed E-state index contributed by atoms with van der Waals surface area (Å²) in [6.45, 7) is 7.33. The first-order chi connectivity index (χ1) is 9.62. The van der Waals surface area contributed by atoms with Crippen LogP contribution in [0.5, 0.6) is 0 Å². The van der Waals surface area contributed by atoms with E-state index >= 15 is 0 Å². The van der Waals surface area contributed by atoms with Gasteiger partial charge in [0.1, 0.15) is 0 Å². The van der Waals surface area contributed by atoms with E-state index in [0.29, 0.717) is 25.2 Å². The highest BCUT2D eigenvalue weighted by Crippen LogP contribution is 2.45. The zero-order chi connectivity index (χ0) is 14.4. The zero-order valence-corrected chi connectivity index (χ0v) is 15.2. The third-order valence-corrected chi connectivity index (χ3v) is 5.85. The summed E-state index contributed by atoms with van der Waals surface area (Å²) in [5, 5.41) is 0. The molecule has 0 radical (unpaired) electrons. The van der Waals surface area contributed by atoms with Crippen LogP contribution >= 0.6 is 20.0 Å². The molecule has 3 atom stereocenters. The van der Waals surface area contributed by atoms with Crippen LogP contribution in [0.3, 0.4) is 0 Å². The molecule has 0 N–H and O–H groups in total. The highest BCUT2D eigenvalue weighted by atomic mass is 35.5. The molecule has 0 aromatic carbocycles. The number of piperidine rings is 2. The van der Waals surface area contributed by atoms with Crippen LogP contribution in [0.1, 0.15) is 51.9 Å². The molecule has 4 nitrogen and oxygen atoms in total. The predicted molar refractivity (Wildman–Crippen MR) is 89.5 cm³/mol. The second-order valence-corrected chi connectivity index (χ2v) is 8.31. The van der Waals surface area contributed by atoms with Gasteiger partial charge in [-0.3, -0.25) is 4.57 Å². The molecule has 2 saturated heterocycles. The van der Waals surface area contributed by atoms with E-state index in [1.165, 1.54) is 45.2 Å². The minimum Gasteiger partial charge on any atom is -0.309 e. The summed E-state index contributed by atoms with van der Waals surface area (Å²) in [6.07, 6.45) is 8.38. The predicted octanol–water partition coefficient (Wildman–Crippen LogP) is 4.33. The number of hydrogen-bond donors (Lipinski definition) is 0. The van der Waals surface area contributed by atoms with Crippen molar-refractivity contribution in [2.24, 2.45) is 5.92 Å². The molecule has 2 unspecified atom stereocenters. The molecule has 2 heterocycles. The van der Waals surface area contributed by atoms with Crippen LogP contribution in [-0.2, 0) is 13.6 Å². The van der Waals surface area contributed by atoms with E-state index in [9.17, 15) is 4.57 Å². The van der Waals surface area contributed by atoms with Gasteiger partial charge in [-0.1, -0.05) is 19.8 Å². The number of halogens is 1. The Morgan fingerprint density at radius 1 is 1.14 bits per heavy atom. The Bertz CT molecular complexity index is 341. The van der Waals surface area contributed by atoms with Crippen LogP contribution in [0.25, 0.3) is 0 Å². The van der Waals surface area contributed by atoms with E-state index in [-0.39, 0.29) is 12.4 Å². The van der Waals surface area contributed by atoms with Gasteiger partial charge in [-0.05, 0) is 51.1 Å². The first-order valence-electron chi connectivity index (χ1n) is 8.23. The summed E-state index contributed by atoms with van der Waals surface area (Å²) in [5.74, 6) is 0.534. The molecule has 126 valence electrons. The SMILES string of the molecule is CCCCOP(C)(=O)OC[C@H]1CCCN2CCCCC12.Cl. The van der Waals surface area contributed by atoms with Crippen LogP contribution in [-0.4, -0.2) is 43.9 Å². The number of unbranched alkanes of at least 4 members (excludes halogenated alkanes) is 1. The summed E-state index contributed by atoms with van der Waals surface area (Å²) < 4.78 is 23.3. The summed E-state index contributed by atoms with van der Waals surface area (Å²) in [5.41, 5.74) is 0. The van der Waals surface area contributed by atoms with Gasteiger partial charge >= 0.3 is 7.60 Å². The Balaban J connectivity index is 0.00000220. The maximum absolute atomic E-state index is 12.2. The molecule has 0 bridgehead atoms. The van der Waals surface area contributed by atoms with Crippen molar-refractivity contribution in [2.75, 3.05) is 33.0 Å². The lowest BCUT2D eigenvalue weighted by atomic mass is 9.84. The van der Waals surface area contributed by atoms with Crippen LogP contribution in [0, 0.1) is 5.92 Å². The summed E-state index contributed by atoms with van der Waals surface area (Å²) in [4.78, 5) is 2.61. The standard InChI is InChI=1S/C15H30NO3P.ClH/c1-3-4-12-18-20(2,17)19-13-14-8-7-11-16-10-6-5-9-15(14)16;/h14-15H,3-13H2,1-2H3;1H/t14-,15?,20?;/m1./s1. The van der Waals surface area contributed by atoms with E-state index in [0.717, 1.165) is 12.8 Å². The lowest BCUT2D eigenvalue weighted by Crippen LogP contribution is -2.49. The van der Waals surface area contributed by atoms with Crippen molar-refractivity contribution < 1.29 is 13.6 Å². The fourth-order valence-electron chi connectivity index (χ4n) is 3.41. The average Bonchev–Trinajstić information content (AvgIpc) is 2.45. The maximum Gasteiger partial charge on any atom is 0.327 e. The van der Waals surface area contributed by atoms with Crippen LogP contribution in [0.15, 0.2) is 0 Å². The second-order valence-electron chi connectivity index (χ2n) is 6.26. The third-order valence-electron chi connectivity index (χ3n) is 4.58. The van der Waals surface area contributed by atoms with Crippen LogP contribution in [0.2, 0.25) is 0 Å². The topological polar surface area (TPSA) is 38.8 Å². The molecule has 0 aromatic heterocycles. The Morgan fingerprint density at radius 3 is 2.67 bits per heavy atom. The van der Waals surface area contributed by atoms with Crippen molar-refractivity contribution in [1.82, 2.24) is 4.90 Å². The Morgan fingerprint density at radius 2 is 1.90 bits per heavy atom. The van der Waals surface area contributed by atoms with Crippen LogP contribution < -0.4 is 0 Å². The first-order valence-corrected chi connectivity index (χ1v) is 10.2. The Labute approximate surface area is 135 Å². The number of hydrogen-bond acceptors (Lipinski definition) is 4. The Hall–Kier alpha value is 0.400. The van der Waals surface area contributed by atoms with E-state index in [1.807, 2.05) is 0 Å². The molecular formula is C15H31ClNO3P.